The van der Waals surface area contributed by atoms with Crippen molar-refractivity contribution >= 4 is 33.2 Å². The predicted octanol–water partition coefficient (Wildman–Crippen LogP) is 3.11. The largest absolute Gasteiger partial charge is 0.483 e. The van der Waals surface area contributed by atoms with Crippen molar-refractivity contribution in [3.63, 3.8) is 0 Å². The van der Waals surface area contributed by atoms with Crippen LogP contribution in [0.15, 0.2) is 47.4 Å². The summed E-state index contributed by atoms with van der Waals surface area (Å²) in [5, 5.41) is 3.10. The molecule has 1 saturated carbocycles. The van der Waals surface area contributed by atoms with Crippen LogP contribution in [0.5, 0.6) is 5.75 Å². The third-order valence-corrected chi connectivity index (χ3v) is 5.71. The Morgan fingerprint density at radius 1 is 1.23 bits per heavy atom. The van der Waals surface area contributed by atoms with E-state index in [0.717, 1.165) is 12.8 Å². The van der Waals surface area contributed by atoms with Gasteiger partial charge in [0.05, 0.1) is 15.6 Å². The molecule has 0 atom stereocenters. The highest BCUT2D eigenvalue weighted by atomic mass is 35.5. The summed E-state index contributed by atoms with van der Waals surface area (Å²) in [5.41, 5.74) is 1.14. The average Bonchev–Trinajstić information content (AvgIpc) is 3.39. The van der Waals surface area contributed by atoms with Crippen LogP contribution in [0.3, 0.4) is 0 Å². The fourth-order valence-corrected chi connectivity index (χ4v) is 3.90. The molecular weight excluding hydrogens is 376 g/mol. The number of sulfonamides is 1. The van der Waals surface area contributed by atoms with E-state index >= 15 is 0 Å². The lowest BCUT2D eigenvalue weighted by atomic mass is 10.2. The summed E-state index contributed by atoms with van der Waals surface area (Å²) in [4.78, 5) is 12.2. The fourth-order valence-electron chi connectivity index (χ4n) is 2.33. The molecule has 0 spiro atoms. The predicted molar refractivity (Wildman–Crippen MR) is 100 cm³/mol. The monoisotopic (exact) mass is 394 g/mol. The van der Waals surface area contributed by atoms with Gasteiger partial charge >= 0.3 is 0 Å². The molecule has 1 fully saturated rings. The molecule has 3 rings (SSSR count). The van der Waals surface area contributed by atoms with Crippen LogP contribution in [-0.2, 0) is 14.8 Å². The molecule has 26 heavy (non-hydrogen) atoms. The van der Waals surface area contributed by atoms with E-state index < -0.39 is 10.0 Å². The first-order chi connectivity index (χ1) is 12.3. The normalized spacial score (nSPS) is 14.1. The second-order valence-electron chi connectivity index (χ2n) is 6.14. The third-order valence-electron chi connectivity index (χ3n) is 3.86. The van der Waals surface area contributed by atoms with E-state index in [4.69, 9.17) is 16.3 Å². The molecule has 1 aliphatic rings. The Bertz CT molecular complexity index is 927. The Morgan fingerprint density at radius 3 is 2.62 bits per heavy atom. The molecular formula is C18H19ClN2O4S. The molecule has 2 aromatic rings. The highest BCUT2D eigenvalue weighted by molar-refractivity contribution is 7.89. The van der Waals surface area contributed by atoms with E-state index in [1.54, 1.807) is 37.3 Å². The maximum atomic E-state index is 12.2. The lowest BCUT2D eigenvalue weighted by molar-refractivity contribution is -0.118. The molecule has 0 aromatic heterocycles. The Labute approximate surface area is 157 Å². The summed E-state index contributed by atoms with van der Waals surface area (Å²) < 4.78 is 32.6. The molecule has 0 bridgehead atoms. The van der Waals surface area contributed by atoms with Crippen molar-refractivity contribution in [1.82, 2.24) is 4.72 Å². The van der Waals surface area contributed by atoms with Crippen molar-refractivity contribution in [3.05, 3.63) is 53.1 Å². The number of para-hydroxylation sites is 1. The van der Waals surface area contributed by atoms with Gasteiger partial charge in [-0.2, -0.15) is 0 Å². The van der Waals surface area contributed by atoms with Gasteiger partial charge in [0.25, 0.3) is 5.91 Å². The number of benzene rings is 2. The van der Waals surface area contributed by atoms with Gasteiger partial charge < -0.3 is 10.1 Å². The van der Waals surface area contributed by atoms with Gasteiger partial charge in [-0.3, -0.25) is 4.79 Å². The minimum Gasteiger partial charge on any atom is -0.483 e. The van der Waals surface area contributed by atoms with Crippen molar-refractivity contribution in [2.24, 2.45) is 0 Å². The number of halogens is 1. The summed E-state index contributed by atoms with van der Waals surface area (Å²) in [6, 6.07) is 11.5. The number of carbonyl (C=O) groups excluding carboxylic acids is 1. The quantitative estimate of drug-likeness (QED) is 0.755. The van der Waals surface area contributed by atoms with Gasteiger partial charge in [0.15, 0.2) is 6.61 Å². The Balaban J connectivity index is 1.61. The fraction of sp³-hybridized carbons (Fsp3) is 0.278. The molecule has 0 radical (unpaired) electrons. The van der Waals surface area contributed by atoms with Crippen LogP contribution in [0.1, 0.15) is 18.4 Å². The molecule has 1 amide bonds. The molecule has 0 saturated heterocycles. The zero-order valence-electron chi connectivity index (χ0n) is 14.2. The molecule has 1 aliphatic carbocycles. The second kappa shape index (κ2) is 7.65. The highest BCUT2D eigenvalue weighted by Gasteiger charge is 2.28. The topological polar surface area (TPSA) is 84.5 Å². The Morgan fingerprint density at radius 2 is 1.96 bits per heavy atom. The number of hydrogen-bond acceptors (Lipinski definition) is 4. The molecule has 0 aliphatic heterocycles. The molecule has 2 N–H and O–H groups in total. The van der Waals surface area contributed by atoms with Gasteiger partial charge in [-0.1, -0.05) is 23.7 Å². The number of ether oxygens (including phenoxy) is 1. The summed E-state index contributed by atoms with van der Waals surface area (Å²) in [6.45, 7) is 1.52. The van der Waals surface area contributed by atoms with Gasteiger partial charge in [-0.25, -0.2) is 13.1 Å². The van der Waals surface area contributed by atoms with Crippen LogP contribution in [0.4, 0.5) is 5.69 Å². The minimum atomic E-state index is -3.51. The van der Waals surface area contributed by atoms with E-state index in [-0.39, 0.29) is 23.5 Å². The lowest BCUT2D eigenvalue weighted by Crippen LogP contribution is -2.25. The number of nitrogens with one attached hydrogen (secondary N) is 2. The lowest BCUT2D eigenvalue weighted by Gasteiger charge is -2.12. The van der Waals surface area contributed by atoms with Crippen molar-refractivity contribution in [2.75, 3.05) is 11.9 Å². The van der Waals surface area contributed by atoms with Gasteiger partial charge in [0.2, 0.25) is 10.0 Å². The van der Waals surface area contributed by atoms with Crippen LogP contribution in [0.25, 0.3) is 0 Å². The Hall–Kier alpha value is -2.09. The van der Waals surface area contributed by atoms with E-state index in [1.807, 2.05) is 0 Å². The van der Waals surface area contributed by atoms with Gasteiger partial charge in [-0.15, -0.1) is 0 Å². The SMILES string of the molecule is Cc1cc(S(=O)(=O)NC2CC2)ccc1OCC(=O)Nc1ccccc1Cl. The number of hydrogen-bond donors (Lipinski definition) is 2. The van der Waals surface area contributed by atoms with Crippen LogP contribution in [-0.4, -0.2) is 27.0 Å². The molecule has 6 nitrogen and oxygen atoms in total. The molecule has 138 valence electrons. The first-order valence-corrected chi connectivity index (χ1v) is 10.0. The van der Waals surface area contributed by atoms with E-state index in [2.05, 4.69) is 10.0 Å². The number of carbonyl (C=O) groups is 1. The first-order valence-electron chi connectivity index (χ1n) is 8.15. The standard InChI is InChI=1S/C18H19ClN2O4S/c1-12-10-14(26(23,24)21-13-6-7-13)8-9-17(12)25-11-18(22)20-16-5-3-2-4-15(16)19/h2-5,8-10,13,21H,6-7,11H2,1H3,(H,20,22). The number of amides is 1. The Kier molecular flexibility index (Phi) is 5.50. The van der Waals surface area contributed by atoms with Crippen LogP contribution in [0, 0.1) is 6.92 Å². The number of rotatable bonds is 7. The first kappa shape index (κ1) is 18.7. The van der Waals surface area contributed by atoms with Crippen molar-refractivity contribution < 1.29 is 17.9 Å². The molecule has 2 aromatic carbocycles. The van der Waals surface area contributed by atoms with Crippen LogP contribution >= 0.6 is 11.6 Å². The van der Waals surface area contributed by atoms with Crippen LogP contribution < -0.4 is 14.8 Å². The summed E-state index contributed by atoms with van der Waals surface area (Å²) in [5.74, 6) is 0.0919. The second-order valence-corrected chi connectivity index (χ2v) is 8.26. The zero-order valence-corrected chi connectivity index (χ0v) is 15.7. The van der Waals surface area contributed by atoms with E-state index in [1.165, 1.54) is 12.1 Å². The molecule has 0 unspecified atom stereocenters. The molecule has 8 heteroatoms. The third kappa shape index (κ3) is 4.75. The van der Waals surface area contributed by atoms with Crippen molar-refractivity contribution in [1.29, 1.82) is 0 Å². The maximum Gasteiger partial charge on any atom is 0.262 e. The number of anilines is 1. The maximum absolute atomic E-state index is 12.2. The minimum absolute atomic E-state index is 0.0461. The molecule has 0 heterocycles. The smallest absolute Gasteiger partial charge is 0.262 e. The van der Waals surface area contributed by atoms with Crippen molar-refractivity contribution in [2.45, 2.75) is 30.7 Å². The van der Waals surface area contributed by atoms with Gasteiger partial charge in [0.1, 0.15) is 5.75 Å². The summed E-state index contributed by atoms with van der Waals surface area (Å²) >= 11 is 5.99. The number of aryl methyl sites for hydroxylation is 1. The summed E-state index contributed by atoms with van der Waals surface area (Å²) in [7, 11) is -3.51. The zero-order chi connectivity index (χ0) is 18.7. The van der Waals surface area contributed by atoms with E-state index in [9.17, 15) is 13.2 Å². The van der Waals surface area contributed by atoms with Gasteiger partial charge in [-0.05, 0) is 55.7 Å². The summed E-state index contributed by atoms with van der Waals surface area (Å²) in [6.07, 6.45) is 1.75. The van der Waals surface area contributed by atoms with E-state index in [0.29, 0.717) is 22.0 Å². The average molecular weight is 395 g/mol. The van der Waals surface area contributed by atoms with Crippen molar-refractivity contribution in [3.8, 4) is 5.75 Å². The highest BCUT2D eigenvalue weighted by Crippen LogP contribution is 2.25. The van der Waals surface area contributed by atoms with Gasteiger partial charge in [0, 0.05) is 6.04 Å². The van der Waals surface area contributed by atoms with Crippen LogP contribution in [0.2, 0.25) is 5.02 Å².